The Labute approximate surface area is 168 Å². The molecule has 0 bridgehead atoms. The Balaban J connectivity index is 1.58. The van der Waals surface area contributed by atoms with Crippen LogP contribution in [0.2, 0.25) is 0 Å². The summed E-state index contributed by atoms with van der Waals surface area (Å²) in [5, 5.41) is 6.95. The molecule has 0 saturated heterocycles. The molecule has 1 saturated carbocycles. The summed E-state index contributed by atoms with van der Waals surface area (Å²) in [6, 6.07) is 13.1. The molecule has 1 aliphatic rings. The third-order valence-electron chi connectivity index (χ3n) is 4.90. The van der Waals surface area contributed by atoms with Crippen LogP contribution in [0.25, 0.3) is 10.7 Å². The van der Waals surface area contributed by atoms with Crippen molar-refractivity contribution in [3.63, 3.8) is 0 Å². The van der Waals surface area contributed by atoms with Gasteiger partial charge in [0.05, 0.1) is 18.7 Å². The van der Waals surface area contributed by atoms with Crippen LogP contribution in [-0.4, -0.2) is 32.4 Å². The van der Waals surface area contributed by atoms with Crippen LogP contribution in [0.5, 0.6) is 5.75 Å². The van der Waals surface area contributed by atoms with Crippen molar-refractivity contribution < 1.29 is 4.74 Å². The number of hydrogen-bond acceptors (Lipinski definition) is 5. The van der Waals surface area contributed by atoms with Crippen molar-refractivity contribution in [3.05, 3.63) is 52.1 Å². The van der Waals surface area contributed by atoms with Crippen molar-refractivity contribution in [2.45, 2.75) is 45.6 Å². The van der Waals surface area contributed by atoms with Crippen LogP contribution < -0.4 is 4.74 Å². The maximum absolute atomic E-state index is 5.73. The minimum atomic E-state index is 0.617. The predicted octanol–water partition coefficient (Wildman–Crippen LogP) is 4.79. The molecule has 0 N–H and O–H groups in total. The number of thiophene rings is 1. The molecule has 7 heteroatoms. The Hall–Kier alpha value is -1.96. The Morgan fingerprint density at radius 2 is 2.04 bits per heavy atom. The van der Waals surface area contributed by atoms with Gasteiger partial charge in [0.25, 0.3) is 0 Å². The van der Waals surface area contributed by atoms with Crippen molar-refractivity contribution >= 4 is 23.6 Å². The van der Waals surface area contributed by atoms with Crippen LogP contribution in [0.1, 0.15) is 25.3 Å². The predicted molar refractivity (Wildman–Crippen MR) is 112 cm³/mol. The first kappa shape index (κ1) is 18.4. The quantitative estimate of drug-likeness (QED) is 0.509. The summed E-state index contributed by atoms with van der Waals surface area (Å²) in [6.07, 6.45) is 2.49. The second kappa shape index (κ2) is 7.96. The number of aromatic nitrogens is 3. The molecular formula is C20H24N4OS2. The second-order valence-corrected chi connectivity index (χ2v) is 8.11. The molecule has 2 heterocycles. The summed E-state index contributed by atoms with van der Waals surface area (Å²) in [6.45, 7) is 4.56. The lowest BCUT2D eigenvalue weighted by atomic mass is 10.2. The third-order valence-corrected chi connectivity index (χ3v) is 6.20. The molecule has 0 radical (unpaired) electrons. The molecule has 1 fully saturated rings. The van der Waals surface area contributed by atoms with Gasteiger partial charge in [-0.1, -0.05) is 18.2 Å². The monoisotopic (exact) mass is 400 g/mol. The normalized spacial score (nSPS) is 14.0. The zero-order valence-electron chi connectivity index (χ0n) is 15.7. The highest BCUT2D eigenvalue weighted by molar-refractivity contribution is 7.71. The largest absolute Gasteiger partial charge is 0.497 e. The summed E-state index contributed by atoms with van der Waals surface area (Å²) in [5.41, 5.74) is 1.28. The number of benzene rings is 1. The number of hydrogen-bond donors (Lipinski definition) is 0. The van der Waals surface area contributed by atoms with Crippen LogP contribution in [0.3, 0.4) is 0 Å². The lowest BCUT2D eigenvalue weighted by Crippen LogP contribution is -2.29. The Morgan fingerprint density at radius 1 is 1.26 bits per heavy atom. The first-order chi connectivity index (χ1) is 13.2. The molecule has 0 unspecified atom stereocenters. The summed E-state index contributed by atoms with van der Waals surface area (Å²) in [4.78, 5) is 3.64. The van der Waals surface area contributed by atoms with Crippen molar-refractivity contribution in [1.29, 1.82) is 0 Å². The van der Waals surface area contributed by atoms with Gasteiger partial charge in [-0.3, -0.25) is 9.47 Å². The van der Waals surface area contributed by atoms with Gasteiger partial charge in [-0.25, -0.2) is 4.68 Å². The lowest BCUT2D eigenvalue weighted by Gasteiger charge is -2.22. The summed E-state index contributed by atoms with van der Waals surface area (Å²) < 4.78 is 10.2. The zero-order valence-corrected chi connectivity index (χ0v) is 17.3. The van der Waals surface area contributed by atoms with Gasteiger partial charge in [0, 0.05) is 19.1 Å². The van der Waals surface area contributed by atoms with E-state index in [4.69, 9.17) is 22.1 Å². The van der Waals surface area contributed by atoms with E-state index < -0.39 is 0 Å². The topological polar surface area (TPSA) is 35.2 Å². The Kier molecular flexibility index (Phi) is 5.43. The molecule has 4 rings (SSSR count). The highest BCUT2D eigenvalue weighted by atomic mass is 32.1. The standard InChI is InChI=1S/C20H24N4OS2/c1-3-23-19(18-5-4-12-27-18)21-24(20(23)26)14-22(16-8-9-16)13-15-6-10-17(25-2)11-7-15/h4-7,10-12,16H,3,8-9,13-14H2,1-2H3. The average molecular weight is 401 g/mol. The van der Waals surface area contributed by atoms with Crippen LogP contribution in [0.4, 0.5) is 0 Å². The fraction of sp³-hybridized carbons (Fsp3) is 0.400. The smallest absolute Gasteiger partial charge is 0.199 e. The SMILES string of the molecule is CCn1c(-c2cccs2)nn(CN(Cc2ccc(OC)cc2)C2CC2)c1=S. The van der Waals surface area contributed by atoms with E-state index in [1.165, 1.54) is 18.4 Å². The van der Waals surface area contributed by atoms with Gasteiger partial charge < -0.3 is 4.74 Å². The number of rotatable bonds is 8. The molecule has 2 aromatic heterocycles. The zero-order chi connectivity index (χ0) is 18.8. The van der Waals surface area contributed by atoms with E-state index in [0.29, 0.717) is 6.04 Å². The van der Waals surface area contributed by atoms with Crippen molar-refractivity contribution in [1.82, 2.24) is 19.2 Å². The maximum Gasteiger partial charge on any atom is 0.199 e. The fourth-order valence-electron chi connectivity index (χ4n) is 3.28. The van der Waals surface area contributed by atoms with E-state index in [1.54, 1.807) is 18.4 Å². The van der Waals surface area contributed by atoms with Crippen LogP contribution in [0, 0.1) is 4.77 Å². The first-order valence-corrected chi connectivity index (χ1v) is 10.6. The van der Waals surface area contributed by atoms with Gasteiger partial charge in [0.2, 0.25) is 0 Å². The van der Waals surface area contributed by atoms with Gasteiger partial charge in [0.15, 0.2) is 10.6 Å². The summed E-state index contributed by atoms with van der Waals surface area (Å²) in [5.74, 6) is 1.86. The Morgan fingerprint density at radius 3 is 2.63 bits per heavy atom. The molecular weight excluding hydrogens is 376 g/mol. The number of methoxy groups -OCH3 is 1. The van der Waals surface area contributed by atoms with Crippen molar-refractivity contribution in [3.8, 4) is 16.5 Å². The minimum Gasteiger partial charge on any atom is -0.497 e. The van der Waals surface area contributed by atoms with Gasteiger partial charge in [0.1, 0.15) is 5.75 Å². The molecule has 0 spiro atoms. The average Bonchev–Trinajstić information content (AvgIpc) is 3.30. The van der Waals surface area contributed by atoms with Gasteiger partial charge in [-0.15, -0.1) is 16.4 Å². The van der Waals surface area contributed by atoms with Crippen LogP contribution >= 0.6 is 23.6 Å². The number of ether oxygens (including phenoxy) is 1. The molecule has 5 nitrogen and oxygen atoms in total. The molecule has 3 aromatic rings. The second-order valence-electron chi connectivity index (χ2n) is 6.79. The van der Waals surface area contributed by atoms with E-state index >= 15 is 0 Å². The maximum atomic E-state index is 5.73. The van der Waals surface area contributed by atoms with Gasteiger partial charge >= 0.3 is 0 Å². The van der Waals surface area contributed by atoms with E-state index in [-0.39, 0.29) is 0 Å². The molecule has 0 aliphatic heterocycles. The molecule has 27 heavy (non-hydrogen) atoms. The molecule has 142 valence electrons. The highest BCUT2D eigenvalue weighted by Crippen LogP contribution is 2.30. The number of nitrogens with zero attached hydrogens (tertiary/aromatic N) is 4. The molecule has 0 atom stereocenters. The lowest BCUT2D eigenvalue weighted by molar-refractivity contribution is 0.186. The molecule has 1 aliphatic carbocycles. The molecule has 0 amide bonds. The highest BCUT2D eigenvalue weighted by Gasteiger charge is 2.30. The van der Waals surface area contributed by atoms with Crippen molar-refractivity contribution in [2.24, 2.45) is 0 Å². The van der Waals surface area contributed by atoms with Crippen molar-refractivity contribution in [2.75, 3.05) is 7.11 Å². The summed E-state index contributed by atoms with van der Waals surface area (Å²) in [7, 11) is 1.70. The first-order valence-electron chi connectivity index (χ1n) is 9.28. The van der Waals surface area contributed by atoms with E-state index in [2.05, 4.69) is 46.0 Å². The molecule has 1 aromatic carbocycles. The van der Waals surface area contributed by atoms with E-state index in [0.717, 1.165) is 41.0 Å². The van der Waals surface area contributed by atoms with Crippen LogP contribution in [-0.2, 0) is 19.8 Å². The van der Waals surface area contributed by atoms with Crippen LogP contribution in [0.15, 0.2) is 41.8 Å². The minimum absolute atomic E-state index is 0.617. The fourth-order valence-corrected chi connectivity index (χ4v) is 4.31. The third kappa shape index (κ3) is 4.00. The summed E-state index contributed by atoms with van der Waals surface area (Å²) >= 11 is 7.44. The van der Waals surface area contributed by atoms with Gasteiger partial charge in [-0.05, 0) is 61.1 Å². The van der Waals surface area contributed by atoms with Gasteiger partial charge in [-0.2, -0.15) is 0 Å². The van der Waals surface area contributed by atoms with E-state index in [1.807, 2.05) is 16.8 Å². The Bertz CT molecular complexity index is 940. The van der Waals surface area contributed by atoms with E-state index in [9.17, 15) is 0 Å².